The molecule has 3 amide bonds. The first kappa shape index (κ1) is 24.5. The number of rotatable bonds is 10. The van der Waals surface area contributed by atoms with Gasteiger partial charge in [0.25, 0.3) is 5.91 Å². The van der Waals surface area contributed by atoms with Crippen molar-refractivity contribution >= 4 is 29.4 Å². The first-order valence-corrected chi connectivity index (χ1v) is 11.1. The number of anilines is 1. The summed E-state index contributed by atoms with van der Waals surface area (Å²) in [5.41, 5.74) is 5.00. The minimum Gasteiger partial charge on any atom is -0.494 e. The van der Waals surface area contributed by atoms with E-state index in [4.69, 9.17) is 19.0 Å². The van der Waals surface area contributed by atoms with Gasteiger partial charge in [0, 0.05) is 0 Å². The van der Waals surface area contributed by atoms with Gasteiger partial charge in [-0.05, 0) is 61.5 Å². The van der Waals surface area contributed by atoms with Crippen molar-refractivity contribution in [3.8, 4) is 11.5 Å². The fraction of sp³-hybridized carbons (Fsp3) is 0.200. The van der Waals surface area contributed by atoms with E-state index in [0.29, 0.717) is 18.1 Å². The van der Waals surface area contributed by atoms with Gasteiger partial charge < -0.3 is 19.0 Å². The van der Waals surface area contributed by atoms with Crippen molar-refractivity contribution in [2.75, 3.05) is 11.5 Å². The molecule has 3 N–H and O–H groups in total. The lowest BCUT2D eigenvalue weighted by molar-refractivity contribution is -0.121. The number of carboxylic acid groups (broad SMARTS) is 1. The third-order valence-electron chi connectivity index (χ3n) is 5.26. The molecule has 1 aromatic heterocycles. The second-order valence-electron chi connectivity index (χ2n) is 7.74. The molecule has 4 rings (SSSR count). The quantitative estimate of drug-likeness (QED) is 0.286. The third-order valence-corrected chi connectivity index (χ3v) is 5.26. The summed E-state index contributed by atoms with van der Waals surface area (Å²) < 4.78 is 16.5. The van der Waals surface area contributed by atoms with Gasteiger partial charge in [0.15, 0.2) is 5.76 Å². The summed E-state index contributed by atoms with van der Waals surface area (Å²) in [6.07, 6.45) is -0.213. The van der Waals surface area contributed by atoms with E-state index >= 15 is 0 Å². The van der Waals surface area contributed by atoms with Gasteiger partial charge in [-0.1, -0.05) is 6.07 Å². The molecule has 11 heteroatoms. The SMILES string of the molecule is CCOc1ccc(OCc2ccc(C(=O)NN[C@@H]3CC(=O)N(c4cccc(C(=O)O)c4)C3=O)o2)cc1. The van der Waals surface area contributed by atoms with E-state index in [9.17, 15) is 19.2 Å². The number of hydrogen-bond acceptors (Lipinski definition) is 8. The Kier molecular flexibility index (Phi) is 7.31. The van der Waals surface area contributed by atoms with E-state index in [1.807, 2.05) is 6.92 Å². The fourth-order valence-electron chi connectivity index (χ4n) is 3.54. The molecule has 0 bridgehead atoms. The third kappa shape index (κ3) is 5.53. The lowest BCUT2D eigenvalue weighted by Gasteiger charge is -2.16. The zero-order chi connectivity index (χ0) is 25.7. The predicted octanol–water partition coefficient (Wildman–Crippen LogP) is 2.52. The maximum absolute atomic E-state index is 12.7. The number of benzene rings is 2. The number of nitrogens with zero attached hydrogens (tertiary/aromatic N) is 1. The number of furan rings is 1. The Morgan fingerprint density at radius 3 is 2.47 bits per heavy atom. The van der Waals surface area contributed by atoms with Crippen LogP contribution in [0.15, 0.2) is 65.1 Å². The maximum atomic E-state index is 12.7. The number of hydrogen-bond donors (Lipinski definition) is 3. The number of nitrogens with one attached hydrogen (secondary N) is 2. The molecule has 1 saturated heterocycles. The van der Waals surface area contributed by atoms with Crippen LogP contribution in [-0.4, -0.2) is 41.4 Å². The van der Waals surface area contributed by atoms with E-state index in [2.05, 4.69) is 10.9 Å². The van der Waals surface area contributed by atoms with Gasteiger partial charge in [-0.2, -0.15) is 0 Å². The highest BCUT2D eigenvalue weighted by Gasteiger charge is 2.40. The van der Waals surface area contributed by atoms with Crippen LogP contribution >= 0.6 is 0 Å². The number of aromatic carboxylic acids is 1. The van der Waals surface area contributed by atoms with Crippen LogP contribution in [-0.2, 0) is 16.2 Å². The zero-order valence-corrected chi connectivity index (χ0v) is 19.2. The molecule has 1 fully saturated rings. The van der Waals surface area contributed by atoms with Crippen LogP contribution in [0.25, 0.3) is 0 Å². The van der Waals surface area contributed by atoms with Crippen molar-refractivity contribution in [2.24, 2.45) is 0 Å². The topological polar surface area (TPSA) is 147 Å². The first-order chi connectivity index (χ1) is 17.4. The predicted molar refractivity (Wildman–Crippen MR) is 126 cm³/mol. The van der Waals surface area contributed by atoms with Gasteiger partial charge in [0.1, 0.15) is 29.9 Å². The minimum atomic E-state index is -1.18. The van der Waals surface area contributed by atoms with Crippen molar-refractivity contribution in [1.82, 2.24) is 10.9 Å². The molecule has 0 aliphatic carbocycles. The van der Waals surface area contributed by atoms with Crippen LogP contribution in [0.4, 0.5) is 5.69 Å². The van der Waals surface area contributed by atoms with Crippen LogP contribution in [0.2, 0.25) is 0 Å². The summed E-state index contributed by atoms with van der Waals surface area (Å²) >= 11 is 0. The van der Waals surface area contributed by atoms with Gasteiger partial charge in [-0.3, -0.25) is 19.8 Å². The Hall–Kier alpha value is -4.64. The Balaban J connectivity index is 1.30. The molecule has 1 atom stereocenters. The summed E-state index contributed by atoms with van der Waals surface area (Å²) in [5.74, 6) is -1.25. The summed E-state index contributed by atoms with van der Waals surface area (Å²) in [6.45, 7) is 2.55. The summed E-state index contributed by atoms with van der Waals surface area (Å²) in [5, 5.41) is 9.14. The summed E-state index contributed by atoms with van der Waals surface area (Å²) in [6, 6.07) is 14.6. The molecule has 186 valence electrons. The van der Waals surface area contributed by atoms with E-state index in [-0.39, 0.29) is 30.0 Å². The Morgan fingerprint density at radius 1 is 1.06 bits per heavy atom. The summed E-state index contributed by atoms with van der Waals surface area (Å²) in [4.78, 5) is 49.7. The molecule has 1 aliphatic heterocycles. The average molecular weight is 493 g/mol. The van der Waals surface area contributed by atoms with Gasteiger partial charge >= 0.3 is 11.9 Å². The second kappa shape index (κ2) is 10.7. The molecular weight excluding hydrogens is 470 g/mol. The normalized spacial score (nSPS) is 15.1. The second-order valence-corrected chi connectivity index (χ2v) is 7.74. The highest BCUT2D eigenvalue weighted by molar-refractivity contribution is 6.22. The molecular formula is C25H23N3O8. The number of hydrazine groups is 1. The molecule has 11 nitrogen and oxygen atoms in total. The number of imide groups is 1. The Labute approximate surface area is 205 Å². The van der Waals surface area contributed by atoms with Crippen LogP contribution in [0.5, 0.6) is 11.5 Å². The molecule has 0 radical (unpaired) electrons. The largest absolute Gasteiger partial charge is 0.494 e. The molecule has 3 aromatic rings. The number of carbonyl (C=O) groups is 4. The highest BCUT2D eigenvalue weighted by atomic mass is 16.5. The van der Waals surface area contributed by atoms with Crippen LogP contribution < -0.4 is 25.2 Å². The maximum Gasteiger partial charge on any atom is 0.335 e. The zero-order valence-electron chi connectivity index (χ0n) is 19.2. The van der Waals surface area contributed by atoms with E-state index in [1.165, 1.54) is 30.3 Å². The van der Waals surface area contributed by atoms with E-state index in [1.54, 1.807) is 30.3 Å². The Bertz CT molecular complexity index is 1280. The van der Waals surface area contributed by atoms with Gasteiger partial charge in [0.2, 0.25) is 5.91 Å². The molecule has 1 aliphatic rings. The standard InChI is InChI=1S/C25H23N3O8/c1-2-34-17-6-8-18(9-7-17)35-14-19-10-11-21(36-19)23(30)27-26-20-13-22(29)28(24(20)31)16-5-3-4-15(12-16)25(32)33/h3-12,20,26H,2,13-14H2,1H3,(H,27,30)(H,32,33)/t20-/m1/s1. The van der Waals surface area contributed by atoms with E-state index in [0.717, 1.165) is 10.6 Å². The van der Waals surface area contributed by atoms with Gasteiger partial charge in [-0.15, -0.1) is 0 Å². The fourth-order valence-corrected chi connectivity index (χ4v) is 3.54. The van der Waals surface area contributed by atoms with Gasteiger partial charge in [0.05, 0.1) is 24.3 Å². The molecule has 2 heterocycles. The molecule has 0 unspecified atom stereocenters. The van der Waals surface area contributed by atoms with Crippen molar-refractivity contribution in [1.29, 1.82) is 0 Å². The Morgan fingerprint density at radius 2 is 1.78 bits per heavy atom. The molecule has 36 heavy (non-hydrogen) atoms. The molecule has 0 saturated carbocycles. The first-order valence-electron chi connectivity index (χ1n) is 11.1. The van der Waals surface area contributed by atoms with Crippen LogP contribution in [0.1, 0.15) is 40.0 Å². The minimum absolute atomic E-state index is 0.0180. The monoisotopic (exact) mass is 493 g/mol. The van der Waals surface area contributed by atoms with Crippen LogP contribution in [0, 0.1) is 0 Å². The number of amides is 3. The lowest BCUT2D eigenvalue weighted by Crippen LogP contribution is -2.48. The highest BCUT2D eigenvalue weighted by Crippen LogP contribution is 2.24. The van der Waals surface area contributed by atoms with Gasteiger partial charge in [-0.25, -0.2) is 15.1 Å². The van der Waals surface area contributed by atoms with Crippen molar-refractivity contribution in [3.63, 3.8) is 0 Å². The van der Waals surface area contributed by atoms with Crippen molar-refractivity contribution in [2.45, 2.75) is 26.0 Å². The molecule has 0 spiro atoms. The molecule has 2 aromatic carbocycles. The van der Waals surface area contributed by atoms with Crippen molar-refractivity contribution in [3.05, 3.63) is 77.7 Å². The summed E-state index contributed by atoms with van der Waals surface area (Å²) in [7, 11) is 0. The van der Waals surface area contributed by atoms with E-state index < -0.39 is 29.7 Å². The number of carbonyl (C=O) groups excluding carboxylic acids is 3. The number of ether oxygens (including phenoxy) is 2. The smallest absolute Gasteiger partial charge is 0.335 e. The van der Waals surface area contributed by atoms with Crippen molar-refractivity contribution < 1.29 is 38.2 Å². The number of carboxylic acids is 1. The lowest BCUT2D eigenvalue weighted by atomic mass is 10.2. The van der Waals surface area contributed by atoms with Crippen LogP contribution in [0.3, 0.4) is 0 Å². The average Bonchev–Trinajstić information content (AvgIpc) is 3.46.